The molecule has 18 heavy (non-hydrogen) atoms. The van der Waals surface area contributed by atoms with E-state index in [0.29, 0.717) is 12.3 Å². The molecule has 0 aromatic heterocycles. The number of amides is 1. The molecule has 0 radical (unpaired) electrons. The molecular weight excluding hydrogens is 244 g/mol. The summed E-state index contributed by atoms with van der Waals surface area (Å²) in [7, 11) is 0. The highest BCUT2D eigenvalue weighted by Crippen LogP contribution is 2.19. The van der Waals surface area contributed by atoms with Gasteiger partial charge < -0.3 is 11.1 Å². The second-order valence-electron chi connectivity index (χ2n) is 4.63. The van der Waals surface area contributed by atoms with Gasteiger partial charge in [-0.3, -0.25) is 4.79 Å². The van der Waals surface area contributed by atoms with Gasteiger partial charge in [-0.15, -0.1) is 0 Å². The fourth-order valence-corrected chi connectivity index (χ4v) is 1.99. The Morgan fingerprint density at radius 2 is 2.11 bits per heavy atom. The third-order valence-corrected chi connectivity index (χ3v) is 3.17. The maximum absolute atomic E-state index is 12.0. The van der Waals surface area contributed by atoms with Crippen molar-refractivity contribution in [3.05, 3.63) is 29.8 Å². The van der Waals surface area contributed by atoms with E-state index in [9.17, 15) is 4.79 Å². The summed E-state index contributed by atoms with van der Waals surface area (Å²) in [6, 6.07) is 7.84. The Morgan fingerprint density at radius 1 is 1.44 bits per heavy atom. The Balaban J connectivity index is 2.81. The Labute approximate surface area is 114 Å². The van der Waals surface area contributed by atoms with Crippen LogP contribution in [0, 0.1) is 5.92 Å². The van der Waals surface area contributed by atoms with Crippen LogP contribution in [0.3, 0.4) is 0 Å². The van der Waals surface area contributed by atoms with Gasteiger partial charge in [0.15, 0.2) is 0 Å². The summed E-state index contributed by atoms with van der Waals surface area (Å²) in [4.78, 5) is 12.2. The molecule has 1 rings (SSSR count). The normalized spacial score (nSPS) is 12.2. The van der Waals surface area contributed by atoms with Crippen LogP contribution in [-0.2, 0) is 4.79 Å². The maximum Gasteiger partial charge on any atom is 0.234 e. The van der Waals surface area contributed by atoms with Crippen molar-refractivity contribution < 1.29 is 4.79 Å². The minimum atomic E-state index is -0.400. The molecule has 0 saturated carbocycles. The number of thiocarbonyl (C=S) groups is 1. The zero-order valence-corrected chi connectivity index (χ0v) is 11.9. The molecule has 0 aliphatic carbocycles. The molecule has 0 fully saturated rings. The molecule has 1 amide bonds. The van der Waals surface area contributed by atoms with Crippen molar-refractivity contribution in [1.82, 2.24) is 0 Å². The lowest BCUT2D eigenvalue weighted by molar-refractivity contribution is -0.118. The molecule has 0 spiro atoms. The first kappa shape index (κ1) is 14.6. The molecule has 1 atom stereocenters. The van der Waals surface area contributed by atoms with Crippen LogP contribution in [0.25, 0.3) is 0 Å². The summed E-state index contributed by atoms with van der Waals surface area (Å²) in [6.45, 7) is 6.13. The zero-order chi connectivity index (χ0) is 13.7. The Kier molecular flexibility index (Phi) is 5.28. The van der Waals surface area contributed by atoms with Crippen LogP contribution in [0.1, 0.15) is 38.7 Å². The predicted molar refractivity (Wildman–Crippen MR) is 79.7 cm³/mol. The van der Waals surface area contributed by atoms with Crippen LogP contribution in [0.15, 0.2) is 24.3 Å². The van der Waals surface area contributed by atoms with Crippen LogP contribution in [-0.4, -0.2) is 10.9 Å². The monoisotopic (exact) mass is 264 g/mol. The SMILES string of the molecule is CCC(C(=O)Nc1cccc(C(C)C)c1)C(N)=S. The average molecular weight is 264 g/mol. The first-order chi connectivity index (χ1) is 8.45. The van der Waals surface area contributed by atoms with E-state index >= 15 is 0 Å². The summed E-state index contributed by atoms with van der Waals surface area (Å²) in [5.41, 5.74) is 7.53. The fourth-order valence-electron chi connectivity index (χ4n) is 1.72. The van der Waals surface area contributed by atoms with E-state index in [4.69, 9.17) is 18.0 Å². The lowest BCUT2D eigenvalue weighted by atomic mass is 10.0. The molecule has 0 saturated heterocycles. The summed E-state index contributed by atoms with van der Waals surface area (Å²) in [6.07, 6.45) is 0.616. The number of hydrogen-bond donors (Lipinski definition) is 2. The minimum Gasteiger partial charge on any atom is -0.393 e. The second-order valence-corrected chi connectivity index (χ2v) is 5.10. The molecule has 1 aromatic rings. The average Bonchev–Trinajstić information content (AvgIpc) is 2.29. The molecule has 3 N–H and O–H groups in total. The topological polar surface area (TPSA) is 55.1 Å². The van der Waals surface area contributed by atoms with Crippen LogP contribution in [0.2, 0.25) is 0 Å². The quantitative estimate of drug-likeness (QED) is 0.804. The first-order valence-corrected chi connectivity index (χ1v) is 6.56. The van der Waals surface area contributed by atoms with Gasteiger partial charge in [0.05, 0.1) is 10.9 Å². The number of rotatable bonds is 5. The summed E-state index contributed by atoms with van der Waals surface area (Å²) >= 11 is 4.89. The molecule has 4 heteroatoms. The van der Waals surface area contributed by atoms with Crippen molar-refractivity contribution in [2.45, 2.75) is 33.1 Å². The third kappa shape index (κ3) is 3.81. The molecule has 0 aliphatic rings. The fraction of sp³-hybridized carbons (Fsp3) is 0.429. The van der Waals surface area contributed by atoms with Gasteiger partial charge in [0.1, 0.15) is 0 Å². The standard InChI is InChI=1S/C14H20N2OS/c1-4-12(13(15)18)14(17)16-11-7-5-6-10(8-11)9(2)3/h5-9,12H,4H2,1-3H3,(H2,15,18)(H,16,17). The number of anilines is 1. The van der Waals surface area contributed by atoms with Crippen molar-refractivity contribution in [2.75, 3.05) is 5.32 Å². The highest BCUT2D eigenvalue weighted by molar-refractivity contribution is 7.80. The number of hydrogen-bond acceptors (Lipinski definition) is 2. The second kappa shape index (κ2) is 6.50. The van der Waals surface area contributed by atoms with Gasteiger partial charge in [-0.2, -0.15) is 0 Å². The number of nitrogens with two attached hydrogens (primary N) is 1. The molecule has 3 nitrogen and oxygen atoms in total. The van der Waals surface area contributed by atoms with E-state index in [2.05, 4.69) is 19.2 Å². The molecule has 0 aliphatic heterocycles. The lowest BCUT2D eigenvalue weighted by Gasteiger charge is -2.14. The largest absolute Gasteiger partial charge is 0.393 e. The van der Waals surface area contributed by atoms with Gasteiger partial charge >= 0.3 is 0 Å². The van der Waals surface area contributed by atoms with E-state index in [1.165, 1.54) is 5.56 Å². The maximum atomic E-state index is 12.0. The van der Waals surface area contributed by atoms with Crippen molar-refractivity contribution in [1.29, 1.82) is 0 Å². The molecule has 0 bridgehead atoms. The Morgan fingerprint density at radius 3 is 2.61 bits per heavy atom. The summed E-state index contributed by atoms with van der Waals surface area (Å²) < 4.78 is 0. The highest BCUT2D eigenvalue weighted by Gasteiger charge is 2.19. The number of carbonyl (C=O) groups is 1. The van der Waals surface area contributed by atoms with Gasteiger partial charge in [0.2, 0.25) is 5.91 Å². The van der Waals surface area contributed by atoms with Gasteiger partial charge in [0.25, 0.3) is 0 Å². The molecular formula is C14H20N2OS. The summed E-state index contributed by atoms with van der Waals surface area (Å²) in [5.74, 6) is -0.104. The Bertz CT molecular complexity index is 443. The molecule has 98 valence electrons. The van der Waals surface area contributed by atoms with Crippen molar-refractivity contribution >= 4 is 28.8 Å². The third-order valence-electron chi connectivity index (χ3n) is 2.89. The van der Waals surface area contributed by atoms with Gasteiger partial charge in [-0.1, -0.05) is 45.1 Å². The predicted octanol–water partition coefficient (Wildman–Crippen LogP) is 3.06. The minimum absolute atomic E-state index is 0.133. The van der Waals surface area contributed by atoms with E-state index in [1.807, 2.05) is 31.2 Å². The van der Waals surface area contributed by atoms with Crippen LogP contribution >= 0.6 is 12.2 Å². The van der Waals surface area contributed by atoms with Gasteiger partial charge in [0, 0.05) is 5.69 Å². The number of benzene rings is 1. The van der Waals surface area contributed by atoms with E-state index in [1.54, 1.807) is 0 Å². The lowest BCUT2D eigenvalue weighted by Crippen LogP contribution is -2.32. The van der Waals surface area contributed by atoms with Gasteiger partial charge in [-0.25, -0.2) is 0 Å². The van der Waals surface area contributed by atoms with Crippen molar-refractivity contribution in [2.24, 2.45) is 11.7 Å². The van der Waals surface area contributed by atoms with Crippen molar-refractivity contribution in [3.63, 3.8) is 0 Å². The molecule has 1 unspecified atom stereocenters. The van der Waals surface area contributed by atoms with Crippen LogP contribution in [0.4, 0.5) is 5.69 Å². The van der Waals surface area contributed by atoms with Crippen LogP contribution in [0.5, 0.6) is 0 Å². The first-order valence-electron chi connectivity index (χ1n) is 6.15. The highest BCUT2D eigenvalue weighted by atomic mass is 32.1. The molecule has 1 aromatic carbocycles. The summed E-state index contributed by atoms with van der Waals surface area (Å²) in [5, 5.41) is 2.86. The Hall–Kier alpha value is -1.42. The number of nitrogens with one attached hydrogen (secondary N) is 1. The van der Waals surface area contributed by atoms with Crippen molar-refractivity contribution in [3.8, 4) is 0 Å². The van der Waals surface area contributed by atoms with Crippen LogP contribution < -0.4 is 11.1 Å². The van der Waals surface area contributed by atoms with E-state index in [0.717, 1.165) is 5.69 Å². The smallest absolute Gasteiger partial charge is 0.234 e. The van der Waals surface area contributed by atoms with Gasteiger partial charge in [-0.05, 0) is 30.0 Å². The zero-order valence-electron chi connectivity index (χ0n) is 11.1. The van der Waals surface area contributed by atoms with E-state index < -0.39 is 5.92 Å². The molecule has 0 heterocycles. The number of carbonyl (C=O) groups excluding carboxylic acids is 1. The van der Waals surface area contributed by atoms with E-state index in [-0.39, 0.29) is 10.9 Å².